The number of primary amides is 1. The van der Waals surface area contributed by atoms with Crippen molar-refractivity contribution in [2.45, 2.75) is 57.0 Å². The second-order valence-corrected chi connectivity index (χ2v) is 9.92. The van der Waals surface area contributed by atoms with Gasteiger partial charge in [0.25, 0.3) is 5.91 Å². The van der Waals surface area contributed by atoms with E-state index in [0.717, 1.165) is 43.3 Å². The van der Waals surface area contributed by atoms with Crippen LogP contribution in [0.3, 0.4) is 0 Å². The lowest BCUT2D eigenvalue weighted by molar-refractivity contribution is -0.383. The molecule has 4 N–H and O–H groups in total. The van der Waals surface area contributed by atoms with Crippen molar-refractivity contribution in [3.8, 4) is 16.9 Å². The predicted molar refractivity (Wildman–Crippen MR) is 138 cm³/mol. The molecule has 1 aromatic heterocycles. The number of aromatic nitrogens is 2. The van der Waals surface area contributed by atoms with Gasteiger partial charge in [0.1, 0.15) is 23.6 Å². The largest absolute Gasteiger partial charge is 0.491 e. The molecule has 10 heteroatoms. The van der Waals surface area contributed by atoms with Crippen molar-refractivity contribution in [1.82, 2.24) is 14.5 Å². The van der Waals surface area contributed by atoms with Gasteiger partial charge in [-0.05, 0) is 63.0 Å². The van der Waals surface area contributed by atoms with Gasteiger partial charge in [-0.2, -0.15) is 0 Å². The average molecular weight is 493 g/mol. The third kappa shape index (κ3) is 4.37. The number of nitro benzene ring substituents is 1. The van der Waals surface area contributed by atoms with E-state index in [1.54, 1.807) is 0 Å². The molecule has 1 atom stereocenters. The van der Waals surface area contributed by atoms with Crippen LogP contribution in [0.4, 0.5) is 11.4 Å². The Morgan fingerprint density at radius 2 is 1.97 bits per heavy atom. The summed E-state index contributed by atoms with van der Waals surface area (Å²) in [6, 6.07) is 7.73. The molecular weight excluding hydrogens is 460 g/mol. The van der Waals surface area contributed by atoms with Crippen LogP contribution in [0.25, 0.3) is 22.2 Å². The van der Waals surface area contributed by atoms with Crippen LogP contribution in [0.1, 0.15) is 61.3 Å². The number of nitrogens with zero attached hydrogens (tertiary/aromatic N) is 4. The minimum Gasteiger partial charge on any atom is -0.491 e. The lowest BCUT2D eigenvalue weighted by Crippen LogP contribution is -2.31. The molecule has 10 nitrogen and oxygen atoms in total. The van der Waals surface area contributed by atoms with E-state index in [1.165, 1.54) is 25.3 Å². The summed E-state index contributed by atoms with van der Waals surface area (Å²) in [5.41, 5.74) is 13.6. The SMILES string of the molecule is CN1CCC[C@@H]1COc1cc(-c2ccc3c(c2)ncn3C2CCCCC2)c([N+](=O)[O-])c(N)c1C(N)=O. The van der Waals surface area contributed by atoms with Gasteiger partial charge in [-0.1, -0.05) is 25.3 Å². The highest BCUT2D eigenvalue weighted by molar-refractivity contribution is 6.05. The predicted octanol–water partition coefficient (Wildman–Crippen LogP) is 4.27. The molecule has 36 heavy (non-hydrogen) atoms. The number of benzene rings is 2. The zero-order valence-corrected chi connectivity index (χ0v) is 20.5. The van der Waals surface area contributed by atoms with Crippen molar-refractivity contribution in [2.75, 3.05) is 25.9 Å². The monoisotopic (exact) mass is 492 g/mol. The summed E-state index contributed by atoms with van der Waals surface area (Å²) in [5.74, 6) is -0.702. The molecule has 2 heterocycles. The molecule has 1 amide bonds. The van der Waals surface area contributed by atoms with Crippen LogP contribution in [0.5, 0.6) is 5.75 Å². The minimum atomic E-state index is -0.862. The summed E-state index contributed by atoms with van der Waals surface area (Å²) < 4.78 is 8.25. The van der Waals surface area contributed by atoms with Gasteiger partial charge in [-0.3, -0.25) is 14.9 Å². The first-order valence-electron chi connectivity index (χ1n) is 12.6. The first kappa shape index (κ1) is 24.1. The average Bonchev–Trinajstić information content (AvgIpc) is 3.47. The van der Waals surface area contributed by atoms with Crippen LogP contribution in [0.2, 0.25) is 0 Å². The fourth-order valence-electron chi connectivity index (χ4n) is 5.68. The maximum absolute atomic E-state index is 12.3. The molecule has 0 bridgehead atoms. The molecule has 1 aliphatic heterocycles. The van der Waals surface area contributed by atoms with Gasteiger partial charge in [-0.15, -0.1) is 0 Å². The van der Waals surface area contributed by atoms with Gasteiger partial charge in [0.2, 0.25) is 0 Å². The maximum atomic E-state index is 12.3. The molecule has 2 aliphatic rings. The van der Waals surface area contributed by atoms with Gasteiger partial charge in [0.05, 0.1) is 27.8 Å². The van der Waals surface area contributed by atoms with Crippen LogP contribution in [-0.2, 0) is 0 Å². The fourth-order valence-corrected chi connectivity index (χ4v) is 5.68. The van der Waals surface area contributed by atoms with Crippen LogP contribution < -0.4 is 16.2 Å². The molecule has 2 fully saturated rings. The number of hydrogen-bond acceptors (Lipinski definition) is 7. The van der Waals surface area contributed by atoms with E-state index in [1.807, 2.05) is 31.6 Å². The van der Waals surface area contributed by atoms with Crippen LogP contribution in [0.15, 0.2) is 30.6 Å². The maximum Gasteiger partial charge on any atom is 0.300 e. The van der Waals surface area contributed by atoms with Crippen molar-refractivity contribution in [1.29, 1.82) is 0 Å². The smallest absolute Gasteiger partial charge is 0.300 e. The van der Waals surface area contributed by atoms with Crippen molar-refractivity contribution < 1.29 is 14.5 Å². The van der Waals surface area contributed by atoms with E-state index in [4.69, 9.17) is 16.2 Å². The number of hydrogen-bond donors (Lipinski definition) is 2. The minimum absolute atomic E-state index is 0.159. The van der Waals surface area contributed by atoms with Crippen molar-refractivity contribution in [3.05, 3.63) is 46.3 Å². The highest BCUT2D eigenvalue weighted by Gasteiger charge is 2.30. The first-order chi connectivity index (χ1) is 17.3. The first-order valence-corrected chi connectivity index (χ1v) is 12.6. The summed E-state index contributed by atoms with van der Waals surface area (Å²) in [4.78, 5) is 30.6. The molecule has 190 valence electrons. The number of amides is 1. The van der Waals surface area contributed by atoms with Crippen molar-refractivity contribution in [3.63, 3.8) is 0 Å². The molecule has 0 radical (unpaired) electrons. The Kier molecular flexibility index (Phi) is 6.53. The fraction of sp³-hybridized carbons (Fsp3) is 0.462. The standard InChI is InChI=1S/C26H32N6O4/c1-30-11-5-8-18(30)14-36-22-13-19(25(32(34)35)24(27)23(22)26(28)33)16-9-10-21-20(12-16)29-15-31(21)17-6-3-2-4-7-17/h9-10,12-13,15,17-18H,2-8,11,14,27H2,1H3,(H2,28,33)/t18-/m1/s1. The quantitative estimate of drug-likeness (QED) is 0.285. The summed E-state index contributed by atoms with van der Waals surface area (Å²) in [6.07, 6.45) is 9.82. The molecule has 5 rings (SSSR count). The highest BCUT2D eigenvalue weighted by Crippen LogP contribution is 2.43. The third-order valence-corrected chi connectivity index (χ3v) is 7.69. The molecule has 0 spiro atoms. The van der Waals surface area contributed by atoms with E-state index in [0.29, 0.717) is 18.2 Å². The Bertz CT molecular complexity index is 1310. The summed E-state index contributed by atoms with van der Waals surface area (Å²) >= 11 is 0. The number of nitro groups is 1. The molecular formula is C26H32N6O4. The molecule has 1 aliphatic carbocycles. The number of nitrogens with two attached hydrogens (primary N) is 2. The number of anilines is 1. The van der Waals surface area contributed by atoms with Crippen molar-refractivity contribution >= 4 is 28.3 Å². The lowest BCUT2D eigenvalue weighted by Gasteiger charge is -2.23. The van der Waals surface area contributed by atoms with E-state index >= 15 is 0 Å². The molecule has 0 unspecified atom stereocenters. The topological polar surface area (TPSA) is 143 Å². The number of nitrogen functional groups attached to an aromatic ring is 1. The second-order valence-electron chi connectivity index (χ2n) is 9.92. The van der Waals surface area contributed by atoms with Gasteiger partial charge >= 0.3 is 5.69 Å². The zero-order chi connectivity index (χ0) is 25.4. The van der Waals surface area contributed by atoms with E-state index < -0.39 is 10.8 Å². The summed E-state index contributed by atoms with van der Waals surface area (Å²) in [6.45, 7) is 1.30. The Hall–Kier alpha value is -3.66. The van der Waals surface area contributed by atoms with E-state index in [-0.39, 0.29) is 34.3 Å². The Labute approximate surface area is 209 Å². The number of likely N-dealkylation sites (N-methyl/N-ethyl adjacent to an activating group) is 1. The highest BCUT2D eigenvalue weighted by atomic mass is 16.6. The van der Waals surface area contributed by atoms with Crippen LogP contribution in [0, 0.1) is 10.1 Å². The second kappa shape index (κ2) is 9.77. The molecule has 1 saturated carbocycles. The summed E-state index contributed by atoms with van der Waals surface area (Å²) in [7, 11) is 2.02. The Morgan fingerprint density at radius 1 is 1.19 bits per heavy atom. The Balaban J connectivity index is 1.57. The number of carbonyl (C=O) groups excluding carboxylic acids is 1. The number of imidazole rings is 1. The number of likely N-dealkylation sites (tertiary alicyclic amines) is 1. The third-order valence-electron chi connectivity index (χ3n) is 7.69. The van der Waals surface area contributed by atoms with Crippen LogP contribution >= 0.6 is 0 Å². The van der Waals surface area contributed by atoms with Gasteiger partial charge in [-0.25, -0.2) is 4.98 Å². The number of rotatable bonds is 7. The van der Waals surface area contributed by atoms with Crippen molar-refractivity contribution in [2.24, 2.45) is 5.73 Å². The Morgan fingerprint density at radius 3 is 2.64 bits per heavy atom. The number of carbonyl (C=O) groups is 1. The normalized spacial score (nSPS) is 19.1. The number of ether oxygens (including phenoxy) is 1. The number of fused-ring (bicyclic) bond motifs is 1. The van der Waals surface area contributed by atoms with E-state index in [9.17, 15) is 14.9 Å². The zero-order valence-electron chi connectivity index (χ0n) is 20.5. The lowest BCUT2D eigenvalue weighted by atomic mass is 9.95. The van der Waals surface area contributed by atoms with Gasteiger partial charge < -0.3 is 25.7 Å². The van der Waals surface area contributed by atoms with E-state index in [2.05, 4.69) is 14.5 Å². The molecule has 3 aromatic rings. The molecule has 2 aromatic carbocycles. The molecule has 1 saturated heterocycles. The summed E-state index contributed by atoms with van der Waals surface area (Å²) in [5, 5.41) is 12.1. The van der Waals surface area contributed by atoms with Gasteiger partial charge in [0.15, 0.2) is 0 Å². The van der Waals surface area contributed by atoms with Crippen LogP contribution in [-0.4, -0.2) is 51.5 Å². The van der Waals surface area contributed by atoms with Gasteiger partial charge in [0, 0.05) is 12.1 Å².